The van der Waals surface area contributed by atoms with E-state index in [1.807, 2.05) is 6.07 Å². The van der Waals surface area contributed by atoms with E-state index in [9.17, 15) is 9.18 Å². The minimum Gasteiger partial charge on any atom is -0.385 e. The van der Waals surface area contributed by atoms with E-state index in [0.717, 1.165) is 4.88 Å². The molecule has 2 aromatic rings. The first-order valence-electron chi connectivity index (χ1n) is 5.60. The number of hydrogen-bond acceptors (Lipinski definition) is 3. The van der Waals surface area contributed by atoms with E-state index in [0.29, 0.717) is 10.9 Å². The van der Waals surface area contributed by atoms with Gasteiger partial charge in [0.25, 0.3) is 5.91 Å². The molecule has 2 rings (SSSR count). The number of halogens is 2. The molecular weight excluding hydrogens is 287 g/mol. The lowest BCUT2D eigenvalue weighted by atomic mass is 10.1. The van der Waals surface area contributed by atoms with Crippen molar-refractivity contribution in [3.8, 4) is 0 Å². The summed E-state index contributed by atoms with van der Waals surface area (Å²) in [4.78, 5) is 13.0. The molecule has 1 aromatic carbocycles. The average Bonchev–Trinajstić information content (AvgIpc) is 2.81. The Morgan fingerprint density at radius 2 is 2.16 bits per heavy atom. The molecule has 100 valence electrons. The molecule has 0 aliphatic heterocycles. The van der Waals surface area contributed by atoms with Crippen molar-refractivity contribution in [1.29, 1.82) is 0 Å². The SMILES string of the molecule is CNc1c(F)cccc1C(=O)NCc1ccc(Cl)s1. The zero-order valence-corrected chi connectivity index (χ0v) is 11.7. The third-order valence-corrected chi connectivity index (χ3v) is 3.79. The van der Waals surface area contributed by atoms with E-state index < -0.39 is 5.82 Å². The van der Waals surface area contributed by atoms with Crippen LogP contribution in [0.1, 0.15) is 15.2 Å². The van der Waals surface area contributed by atoms with E-state index in [4.69, 9.17) is 11.6 Å². The molecule has 19 heavy (non-hydrogen) atoms. The second-order valence-electron chi connectivity index (χ2n) is 3.80. The van der Waals surface area contributed by atoms with Gasteiger partial charge in [0.1, 0.15) is 5.82 Å². The molecule has 0 bridgehead atoms. The van der Waals surface area contributed by atoms with Gasteiger partial charge in [-0.15, -0.1) is 11.3 Å². The van der Waals surface area contributed by atoms with Gasteiger partial charge in [-0.05, 0) is 24.3 Å². The van der Waals surface area contributed by atoms with Gasteiger partial charge in [-0.3, -0.25) is 4.79 Å². The molecule has 3 nitrogen and oxygen atoms in total. The van der Waals surface area contributed by atoms with Crippen molar-refractivity contribution in [1.82, 2.24) is 5.32 Å². The normalized spacial score (nSPS) is 10.3. The highest BCUT2D eigenvalue weighted by Gasteiger charge is 2.13. The molecule has 0 fully saturated rings. The summed E-state index contributed by atoms with van der Waals surface area (Å²) in [7, 11) is 1.58. The number of thiophene rings is 1. The van der Waals surface area contributed by atoms with E-state index in [2.05, 4.69) is 10.6 Å². The summed E-state index contributed by atoms with van der Waals surface area (Å²) in [6, 6.07) is 8.01. The Balaban J connectivity index is 2.10. The molecular formula is C13H12ClFN2OS. The van der Waals surface area contributed by atoms with E-state index in [1.54, 1.807) is 19.2 Å². The van der Waals surface area contributed by atoms with Gasteiger partial charge >= 0.3 is 0 Å². The number of amides is 1. The lowest BCUT2D eigenvalue weighted by Gasteiger charge is -2.10. The molecule has 1 aromatic heterocycles. The first-order chi connectivity index (χ1) is 9.11. The highest BCUT2D eigenvalue weighted by molar-refractivity contribution is 7.16. The third-order valence-electron chi connectivity index (χ3n) is 2.56. The van der Waals surface area contributed by atoms with E-state index in [-0.39, 0.29) is 17.2 Å². The summed E-state index contributed by atoms with van der Waals surface area (Å²) in [5.41, 5.74) is 0.481. The Morgan fingerprint density at radius 3 is 2.79 bits per heavy atom. The first kappa shape index (κ1) is 13.8. The van der Waals surface area contributed by atoms with Gasteiger partial charge in [0, 0.05) is 11.9 Å². The molecule has 0 aliphatic rings. The van der Waals surface area contributed by atoms with Crippen molar-refractivity contribution in [2.24, 2.45) is 0 Å². The fourth-order valence-corrected chi connectivity index (χ4v) is 2.70. The van der Waals surface area contributed by atoms with Crippen molar-refractivity contribution in [3.05, 3.63) is 50.9 Å². The van der Waals surface area contributed by atoms with Crippen LogP contribution in [0.4, 0.5) is 10.1 Å². The van der Waals surface area contributed by atoms with Crippen molar-refractivity contribution >= 4 is 34.5 Å². The van der Waals surface area contributed by atoms with Gasteiger partial charge in [0.05, 0.1) is 22.1 Å². The minimum absolute atomic E-state index is 0.198. The Labute approximate surface area is 119 Å². The van der Waals surface area contributed by atoms with Crippen LogP contribution in [0.2, 0.25) is 4.34 Å². The molecule has 2 N–H and O–H groups in total. The van der Waals surface area contributed by atoms with Crippen molar-refractivity contribution in [2.75, 3.05) is 12.4 Å². The second-order valence-corrected chi connectivity index (χ2v) is 5.60. The zero-order chi connectivity index (χ0) is 13.8. The third kappa shape index (κ3) is 3.24. The van der Waals surface area contributed by atoms with Crippen LogP contribution in [0.3, 0.4) is 0 Å². The molecule has 0 radical (unpaired) electrons. The maximum atomic E-state index is 13.5. The van der Waals surface area contributed by atoms with Crippen LogP contribution in [-0.2, 0) is 6.54 Å². The predicted octanol–water partition coefficient (Wildman–Crippen LogP) is 3.51. The summed E-state index contributed by atoms with van der Waals surface area (Å²) < 4.78 is 14.2. The lowest BCUT2D eigenvalue weighted by molar-refractivity contribution is 0.0951. The van der Waals surface area contributed by atoms with Crippen molar-refractivity contribution in [3.63, 3.8) is 0 Å². The number of para-hydroxylation sites is 1. The first-order valence-corrected chi connectivity index (χ1v) is 6.80. The van der Waals surface area contributed by atoms with Gasteiger partial charge in [-0.25, -0.2) is 4.39 Å². The quantitative estimate of drug-likeness (QED) is 0.907. The average molecular weight is 299 g/mol. The maximum absolute atomic E-state index is 13.5. The summed E-state index contributed by atoms with van der Waals surface area (Å²) >= 11 is 7.21. The maximum Gasteiger partial charge on any atom is 0.253 e. The predicted molar refractivity (Wildman–Crippen MR) is 76.4 cm³/mol. The molecule has 0 unspecified atom stereocenters. The number of carbonyl (C=O) groups excluding carboxylic acids is 1. The number of hydrogen-bond donors (Lipinski definition) is 2. The highest BCUT2D eigenvalue weighted by Crippen LogP contribution is 2.22. The van der Waals surface area contributed by atoms with Crippen molar-refractivity contribution < 1.29 is 9.18 Å². The Hall–Kier alpha value is -1.59. The van der Waals surface area contributed by atoms with Crippen LogP contribution in [0.25, 0.3) is 0 Å². The number of benzene rings is 1. The zero-order valence-electron chi connectivity index (χ0n) is 10.2. The molecule has 6 heteroatoms. The molecule has 0 spiro atoms. The van der Waals surface area contributed by atoms with Gasteiger partial charge in [0.2, 0.25) is 0 Å². The van der Waals surface area contributed by atoms with E-state index in [1.165, 1.54) is 23.5 Å². The smallest absolute Gasteiger partial charge is 0.253 e. The summed E-state index contributed by atoms with van der Waals surface area (Å²) in [5.74, 6) is -0.775. The van der Waals surface area contributed by atoms with Crippen LogP contribution in [-0.4, -0.2) is 13.0 Å². The van der Waals surface area contributed by atoms with Crippen LogP contribution in [0.5, 0.6) is 0 Å². The second kappa shape index (κ2) is 6.04. The van der Waals surface area contributed by atoms with Crippen molar-refractivity contribution in [2.45, 2.75) is 6.54 Å². The summed E-state index contributed by atoms with van der Waals surface area (Å²) in [5, 5.41) is 5.43. The summed E-state index contributed by atoms with van der Waals surface area (Å²) in [6.45, 7) is 0.371. The molecule has 0 aliphatic carbocycles. The monoisotopic (exact) mass is 298 g/mol. The molecule has 0 saturated heterocycles. The number of nitrogens with one attached hydrogen (secondary N) is 2. The minimum atomic E-state index is -0.450. The largest absolute Gasteiger partial charge is 0.385 e. The number of anilines is 1. The van der Waals surface area contributed by atoms with Gasteiger partial charge < -0.3 is 10.6 Å². The standard InChI is InChI=1S/C13H12ClFN2OS/c1-16-12-9(3-2-4-10(12)15)13(18)17-7-8-5-6-11(14)19-8/h2-6,16H,7H2,1H3,(H,17,18). The number of carbonyl (C=O) groups is 1. The highest BCUT2D eigenvalue weighted by atomic mass is 35.5. The Kier molecular flexibility index (Phi) is 4.39. The lowest BCUT2D eigenvalue weighted by Crippen LogP contribution is -2.23. The van der Waals surface area contributed by atoms with E-state index >= 15 is 0 Å². The Morgan fingerprint density at radius 1 is 1.37 bits per heavy atom. The fraction of sp³-hybridized carbons (Fsp3) is 0.154. The van der Waals surface area contributed by atoms with Crippen LogP contribution in [0.15, 0.2) is 30.3 Å². The van der Waals surface area contributed by atoms with Gasteiger partial charge in [-0.1, -0.05) is 17.7 Å². The van der Waals surface area contributed by atoms with Crippen LogP contribution in [0, 0.1) is 5.82 Å². The van der Waals surface area contributed by atoms with Gasteiger partial charge in [0.15, 0.2) is 0 Å². The van der Waals surface area contributed by atoms with Crippen LogP contribution < -0.4 is 10.6 Å². The molecule has 0 atom stereocenters. The van der Waals surface area contributed by atoms with Gasteiger partial charge in [-0.2, -0.15) is 0 Å². The number of rotatable bonds is 4. The fourth-order valence-electron chi connectivity index (χ4n) is 1.68. The molecule has 1 heterocycles. The Bertz CT molecular complexity index is 600. The van der Waals surface area contributed by atoms with Crippen LogP contribution >= 0.6 is 22.9 Å². The molecule has 1 amide bonds. The molecule has 0 saturated carbocycles. The topological polar surface area (TPSA) is 41.1 Å². The summed E-state index contributed by atoms with van der Waals surface area (Å²) in [6.07, 6.45) is 0.